The molecular weight excluding hydrogens is 124 g/mol. The fourth-order valence-electron chi connectivity index (χ4n) is 0.905. The molecule has 52 valence electrons. The molecule has 1 aliphatic rings. The molecular formula is C8H10N2. The van der Waals surface area contributed by atoms with Gasteiger partial charge < -0.3 is 5.73 Å². The van der Waals surface area contributed by atoms with Crippen LogP contribution in [-0.4, -0.2) is 5.84 Å². The normalized spacial score (nSPS) is 17.0. The largest absolute Gasteiger partial charge is 0.387 e. The van der Waals surface area contributed by atoms with Crippen LogP contribution in [0.1, 0.15) is 6.42 Å². The molecule has 2 nitrogen and oxygen atoms in total. The number of nitrogens with two attached hydrogens (primary N) is 1. The third-order valence-electron chi connectivity index (χ3n) is 1.40. The van der Waals surface area contributed by atoms with Gasteiger partial charge in [-0.05, 0) is 11.6 Å². The van der Waals surface area contributed by atoms with Crippen LogP contribution in [0.3, 0.4) is 0 Å². The molecule has 1 aliphatic heterocycles. The van der Waals surface area contributed by atoms with E-state index in [0.29, 0.717) is 12.3 Å². The lowest BCUT2D eigenvalue weighted by Crippen LogP contribution is -2.07. The van der Waals surface area contributed by atoms with Crippen LogP contribution in [-0.2, 0) is 0 Å². The smallest absolute Gasteiger partial charge is 0.104 e. The number of hydrogen-bond acceptors (Lipinski definition) is 2. The molecule has 0 saturated carbocycles. The summed E-state index contributed by atoms with van der Waals surface area (Å²) in [6, 6.07) is 0. The van der Waals surface area contributed by atoms with E-state index in [0.717, 1.165) is 11.3 Å². The minimum atomic E-state index is 0.643. The maximum Gasteiger partial charge on any atom is 0.104 e. The van der Waals surface area contributed by atoms with E-state index in [9.17, 15) is 0 Å². The Morgan fingerprint density at radius 2 is 2.10 bits per heavy atom. The number of hydrogen-bond donors (Lipinski definition) is 1. The van der Waals surface area contributed by atoms with Crippen LogP contribution >= 0.6 is 0 Å². The summed E-state index contributed by atoms with van der Waals surface area (Å²) < 4.78 is 0. The average molecular weight is 134 g/mol. The first kappa shape index (κ1) is 6.81. The summed E-state index contributed by atoms with van der Waals surface area (Å²) in [6.07, 6.45) is 4.17. The fourth-order valence-corrected chi connectivity index (χ4v) is 0.905. The van der Waals surface area contributed by atoms with Crippen LogP contribution in [0.4, 0.5) is 0 Å². The van der Waals surface area contributed by atoms with E-state index in [2.05, 4.69) is 18.2 Å². The summed E-state index contributed by atoms with van der Waals surface area (Å²) >= 11 is 0. The van der Waals surface area contributed by atoms with Gasteiger partial charge in [-0.25, -0.2) is 4.99 Å². The zero-order valence-corrected chi connectivity index (χ0v) is 5.80. The molecule has 0 fully saturated rings. The highest BCUT2D eigenvalue weighted by Crippen LogP contribution is 2.18. The molecule has 0 amide bonds. The molecule has 2 heteroatoms. The highest BCUT2D eigenvalue weighted by atomic mass is 14.9. The number of nitrogens with zero attached hydrogens (tertiary/aromatic N) is 1. The third kappa shape index (κ3) is 1.00. The SMILES string of the molecule is C=CC1=C(C=C)N=C(N)C1. The monoisotopic (exact) mass is 134 g/mol. The van der Waals surface area contributed by atoms with Crippen molar-refractivity contribution in [2.75, 3.05) is 0 Å². The lowest BCUT2D eigenvalue weighted by atomic mass is 10.2. The Hall–Kier alpha value is -1.31. The summed E-state index contributed by atoms with van der Waals surface area (Å²) in [5.41, 5.74) is 7.40. The van der Waals surface area contributed by atoms with Gasteiger partial charge in [0.25, 0.3) is 0 Å². The molecule has 0 bridgehead atoms. The minimum absolute atomic E-state index is 0.643. The summed E-state index contributed by atoms with van der Waals surface area (Å²) in [7, 11) is 0. The average Bonchev–Trinajstić information content (AvgIpc) is 2.30. The van der Waals surface area contributed by atoms with Crippen molar-refractivity contribution in [3.63, 3.8) is 0 Å². The van der Waals surface area contributed by atoms with Crippen molar-refractivity contribution in [2.45, 2.75) is 6.42 Å². The Morgan fingerprint density at radius 1 is 1.40 bits per heavy atom. The van der Waals surface area contributed by atoms with Gasteiger partial charge in [0.1, 0.15) is 5.84 Å². The molecule has 10 heavy (non-hydrogen) atoms. The zero-order chi connectivity index (χ0) is 7.56. The second-order valence-electron chi connectivity index (χ2n) is 2.10. The molecule has 1 rings (SSSR count). The zero-order valence-electron chi connectivity index (χ0n) is 5.80. The summed E-state index contributed by atoms with van der Waals surface area (Å²) in [4.78, 5) is 4.04. The van der Waals surface area contributed by atoms with E-state index in [-0.39, 0.29) is 0 Å². The Labute approximate surface area is 60.5 Å². The van der Waals surface area contributed by atoms with Gasteiger partial charge in [-0.1, -0.05) is 19.2 Å². The van der Waals surface area contributed by atoms with Crippen LogP contribution in [0.25, 0.3) is 0 Å². The van der Waals surface area contributed by atoms with Crippen LogP contribution in [0, 0.1) is 0 Å². The highest BCUT2D eigenvalue weighted by molar-refractivity contribution is 5.87. The van der Waals surface area contributed by atoms with E-state index in [1.165, 1.54) is 0 Å². The molecule has 1 heterocycles. The Kier molecular flexibility index (Phi) is 1.71. The predicted octanol–water partition coefficient (Wildman–Crippen LogP) is 1.37. The summed E-state index contributed by atoms with van der Waals surface area (Å²) in [5.74, 6) is 0.643. The van der Waals surface area contributed by atoms with Gasteiger partial charge in [0, 0.05) is 6.42 Å². The number of rotatable bonds is 2. The molecule has 0 saturated heterocycles. The van der Waals surface area contributed by atoms with E-state index in [4.69, 9.17) is 5.73 Å². The lowest BCUT2D eigenvalue weighted by Gasteiger charge is -1.90. The third-order valence-corrected chi connectivity index (χ3v) is 1.40. The van der Waals surface area contributed by atoms with Crippen molar-refractivity contribution in [1.29, 1.82) is 0 Å². The Morgan fingerprint density at radius 3 is 2.50 bits per heavy atom. The summed E-state index contributed by atoms with van der Waals surface area (Å²) in [5, 5.41) is 0. The molecule has 0 radical (unpaired) electrons. The van der Waals surface area contributed by atoms with Crippen molar-refractivity contribution >= 4 is 5.84 Å². The number of amidine groups is 1. The van der Waals surface area contributed by atoms with Gasteiger partial charge in [0.05, 0.1) is 5.70 Å². The van der Waals surface area contributed by atoms with E-state index in [1.54, 1.807) is 12.2 Å². The maximum atomic E-state index is 5.48. The molecule has 0 spiro atoms. The van der Waals surface area contributed by atoms with Crippen molar-refractivity contribution in [3.8, 4) is 0 Å². The quantitative estimate of drug-likeness (QED) is 0.608. The predicted molar refractivity (Wildman–Crippen MR) is 43.7 cm³/mol. The van der Waals surface area contributed by atoms with Gasteiger partial charge in [0.15, 0.2) is 0 Å². The number of allylic oxidation sites excluding steroid dienone is 2. The van der Waals surface area contributed by atoms with Gasteiger partial charge in [0.2, 0.25) is 0 Å². The molecule has 2 N–H and O–H groups in total. The van der Waals surface area contributed by atoms with Gasteiger partial charge in [-0.2, -0.15) is 0 Å². The Balaban J connectivity index is 2.94. The van der Waals surface area contributed by atoms with Crippen LogP contribution in [0.2, 0.25) is 0 Å². The van der Waals surface area contributed by atoms with Crippen molar-refractivity contribution in [1.82, 2.24) is 0 Å². The van der Waals surface area contributed by atoms with E-state index >= 15 is 0 Å². The van der Waals surface area contributed by atoms with Crippen molar-refractivity contribution < 1.29 is 0 Å². The lowest BCUT2D eigenvalue weighted by molar-refractivity contribution is 1.35. The standard InChI is InChI=1S/C8H10N2/c1-3-6-5-8(9)10-7(6)4-2/h3-4H,1-2,5H2,(H2,9,10). The van der Waals surface area contributed by atoms with Crippen LogP contribution < -0.4 is 5.73 Å². The minimum Gasteiger partial charge on any atom is -0.387 e. The first-order chi connectivity index (χ1) is 4.77. The number of aliphatic imine (C=N–C) groups is 1. The second kappa shape index (κ2) is 2.52. The van der Waals surface area contributed by atoms with Gasteiger partial charge in [-0.15, -0.1) is 0 Å². The van der Waals surface area contributed by atoms with Crippen molar-refractivity contribution in [3.05, 3.63) is 36.6 Å². The fraction of sp³-hybridized carbons (Fsp3) is 0.125. The van der Waals surface area contributed by atoms with Crippen LogP contribution in [0.5, 0.6) is 0 Å². The van der Waals surface area contributed by atoms with E-state index in [1.807, 2.05) is 0 Å². The van der Waals surface area contributed by atoms with Gasteiger partial charge >= 0.3 is 0 Å². The Bertz CT molecular complexity index is 234. The maximum absolute atomic E-state index is 5.48. The molecule has 0 unspecified atom stereocenters. The molecule has 0 atom stereocenters. The topological polar surface area (TPSA) is 38.4 Å². The van der Waals surface area contributed by atoms with Crippen LogP contribution in [0.15, 0.2) is 41.6 Å². The second-order valence-corrected chi connectivity index (χ2v) is 2.10. The first-order valence-corrected chi connectivity index (χ1v) is 3.09. The van der Waals surface area contributed by atoms with Gasteiger partial charge in [-0.3, -0.25) is 0 Å². The summed E-state index contributed by atoms with van der Waals surface area (Å²) in [6.45, 7) is 7.25. The highest BCUT2D eigenvalue weighted by Gasteiger charge is 2.09. The molecule has 0 aromatic rings. The molecule has 0 aliphatic carbocycles. The molecule has 0 aromatic heterocycles. The van der Waals surface area contributed by atoms with Crippen molar-refractivity contribution in [2.24, 2.45) is 10.7 Å². The molecule has 0 aromatic carbocycles. The first-order valence-electron chi connectivity index (χ1n) is 3.09. The van der Waals surface area contributed by atoms with E-state index < -0.39 is 0 Å².